The van der Waals surface area contributed by atoms with E-state index in [0.717, 1.165) is 41.1 Å². The van der Waals surface area contributed by atoms with Crippen molar-refractivity contribution in [2.24, 2.45) is 16.2 Å². The maximum Gasteiger partial charge on any atom is 0.251 e. The van der Waals surface area contributed by atoms with Gasteiger partial charge in [0.1, 0.15) is 36.6 Å². The molecule has 1 aliphatic carbocycles. The number of hydrogen-bond acceptors (Lipinski definition) is 12. The Labute approximate surface area is 402 Å². The Bertz CT molecular complexity index is 2410. The number of likely N-dealkylation sites (tertiary alicyclic amines) is 1. The third kappa shape index (κ3) is 12.3. The number of amides is 4. The molecule has 1 aliphatic heterocycles. The van der Waals surface area contributed by atoms with Crippen molar-refractivity contribution in [2.75, 3.05) is 31.6 Å². The van der Waals surface area contributed by atoms with Gasteiger partial charge in [-0.25, -0.2) is 4.98 Å². The number of anilines is 1. The number of unbranched alkanes of at least 4 members (excludes halogenated alkanes) is 2. The van der Waals surface area contributed by atoms with Crippen molar-refractivity contribution in [1.82, 2.24) is 30.8 Å². The van der Waals surface area contributed by atoms with Crippen molar-refractivity contribution in [2.45, 2.75) is 118 Å². The molecule has 1 saturated heterocycles. The van der Waals surface area contributed by atoms with Crippen LogP contribution >= 0.6 is 22.9 Å². The van der Waals surface area contributed by atoms with Crippen LogP contribution in [0.15, 0.2) is 66.3 Å². The van der Waals surface area contributed by atoms with Crippen molar-refractivity contribution >= 4 is 52.3 Å². The number of carbonyl (C=O) groups is 4. The molecule has 2 aromatic carbocycles. The van der Waals surface area contributed by atoms with Gasteiger partial charge in [0.25, 0.3) is 5.91 Å². The van der Waals surface area contributed by atoms with Crippen molar-refractivity contribution in [3.63, 3.8) is 0 Å². The smallest absolute Gasteiger partial charge is 0.251 e. The average Bonchev–Trinajstić information content (AvgIpc) is 3.91. The molecule has 67 heavy (non-hydrogen) atoms. The van der Waals surface area contributed by atoms with E-state index in [-0.39, 0.29) is 55.0 Å². The number of aryl methyl sites for hydroxylation is 1. The molecule has 0 spiro atoms. The summed E-state index contributed by atoms with van der Waals surface area (Å²) in [5, 5.41) is 32.4. The van der Waals surface area contributed by atoms with E-state index in [0.29, 0.717) is 40.7 Å². The topological polar surface area (TPSA) is 208 Å². The van der Waals surface area contributed by atoms with Crippen LogP contribution in [0.5, 0.6) is 5.75 Å². The highest BCUT2D eigenvalue weighted by Gasteiger charge is 2.64. The second-order valence-corrected chi connectivity index (χ2v) is 21.0. The van der Waals surface area contributed by atoms with Crippen molar-refractivity contribution in [1.29, 1.82) is 5.26 Å². The Morgan fingerprint density at radius 3 is 2.37 bits per heavy atom. The minimum Gasteiger partial charge on any atom is -0.489 e. The number of halogens is 1. The number of thiazole rings is 1. The summed E-state index contributed by atoms with van der Waals surface area (Å²) < 4.78 is 12.0. The number of nitriles is 1. The summed E-state index contributed by atoms with van der Waals surface area (Å²) in [5.74, 6) is -0.880. The quantitative estimate of drug-likeness (QED) is 0.0602. The number of rotatable bonds is 19. The monoisotopic (exact) mass is 954 g/mol. The lowest BCUT2D eigenvalue weighted by atomic mass is 9.49. The Hall–Kier alpha value is -5.60. The van der Waals surface area contributed by atoms with Crippen LogP contribution in [0.2, 0.25) is 5.02 Å². The van der Waals surface area contributed by atoms with E-state index in [4.69, 9.17) is 21.1 Å². The zero-order valence-electron chi connectivity index (χ0n) is 39.6. The van der Waals surface area contributed by atoms with E-state index in [9.17, 15) is 29.5 Å². The van der Waals surface area contributed by atoms with Crippen LogP contribution in [-0.2, 0) is 25.7 Å². The highest BCUT2D eigenvalue weighted by molar-refractivity contribution is 7.13. The zero-order valence-corrected chi connectivity index (χ0v) is 41.1. The molecule has 4 aromatic rings. The largest absolute Gasteiger partial charge is 0.489 e. The van der Waals surface area contributed by atoms with E-state index < -0.39 is 41.3 Å². The molecule has 0 radical (unpaired) electrons. The van der Waals surface area contributed by atoms with Crippen LogP contribution < -0.4 is 26.0 Å². The molecule has 3 heterocycles. The highest BCUT2D eigenvalue weighted by atomic mass is 35.5. The maximum atomic E-state index is 14.0. The van der Waals surface area contributed by atoms with Crippen molar-refractivity contribution < 1.29 is 33.8 Å². The first-order valence-electron chi connectivity index (χ1n) is 22.7. The summed E-state index contributed by atoms with van der Waals surface area (Å²) in [6.07, 6.45) is 3.17. The van der Waals surface area contributed by atoms with Gasteiger partial charge >= 0.3 is 0 Å². The fraction of sp³-hybridized carbons (Fsp3) is 0.500. The Balaban J connectivity index is 0.878. The van der Waals surface area contributed by atoms with E-state index >= 15 is 0 Å². The summed E-state index contributed by atoms with van der Waals surface area (Å²) in [5.41, 5.74) is 4.67. The minimum absolute atomic E-state index is 0.0235. The number of β-amino-alcohol motifs (C(OH)–C–C–N with tert-alkyl or cyclic N) is 1. The van der Waals surface area contributed by atoms with Gasteiger partial charge in [0, 0.05) is 72.1 Å². The molecule has 0 bridgehead atoms. The molecule has 358 valence electrons. The van der Waals surface area contributed by atoms with E-state index in [1.807, 2.05) is 52.0 Å². The minimum atomic E-state index is -0.958. The van der Waals surface area contributed by atoms with Crippen LogP contribution in [0.3, 0.4) is 0 Å². The molecule has 2 fully saturated rings. The predicted molar refractivity (Wildman–Crippen MR) is 258 cm³/mol. The molecular formula is C50H63ClN8O7S. The first-order valence-corrected chi connectivity index (χ1v) is 24.0. The number of aromatic nitrogens is 2. The maximum absolute atomic E-state index is 14.0. The lowest BCUT2D eigenvalue weighted by molar-refractivity contribution is -0.164. The fourth-order valence-corrected chi connectivity index (χ4v) is 10.3. The summed E-state index contributed by atoms with van der Waals surface area (Å²) >= 11 is 7.77. The van der Waals surface area contributed by atoms with Gasteiger partial charge in [-0.3, -0.25) is 24.2 Å². The van der Waals surface area contributed by atoms with E-state index in [2.05, 4.69) is 65.0 Å². The molecule has 2 aromatic heterocycles. The van der Waals surface area contributed by atoms with Crippen molar-refractivity contribution in [3.8, 4) is 22.3 Å². The Morgan fingerprint density at radius 1 is 1.01 bits per heavy atom. The number of aliphatic hydroxyl groups is 1. The Kier molecular flexibility index (Phi) is 16.4. The lowest BCUT2D eigenvalue weighted by Gasteiger charge is -2.63. The number of benzene rings is 2. The molecule has 17 heteroatoms. The SMILES string of the molecule is Cc1ncsc1-c1ccc(CNC(=O)[C@@H]2C[C@@H](O)CN2C(=O)C(NC(=O)COCCCCCNc2ccc(C(=O)N[C@H]3C(C)(C)[C@H](Oc4ccc(C#N)c(Cl)c4)C3(C)C)cc2)C(C)(C)C)nc1. The predicted octanol–water partition coefficient (Wildman–Crippen LogP) is 7.06. The molecule has 1 saturated carbocycles. The number of nitrogens with one attached hydrogen (secondary N) is 4. The summed E-state index contributed by atoms with van der Waals surface area (Å²) in [4.78, 5) is 65.0. The van der Waals surface area contributed by atoms with Gasteiger partial charge < -0.3 is 40.7 Å². The van der Waals surface area contributed by atoms with Gasteiger partial charge in [-0.05, 0) is 74.1 Å². The zero-order chi connectivity index (χ0) is 48.7. The molecule has 5 N–H and O–H groups in total. The molecular weight excluding hydrogens is 892 g/mol. The van der Waals surface area contributed by atoms with Gasteiger partial charge in [0.2, 0.25) is 17.7 Å². The standard InChI is InChI=1S/C50H63ClN8O7S/c1-30-41(67-29-56-30)33-14-18-35(54-25-33)26-55-44(63)39-22-36(60)27-59(39)45(64)42(48(2,3)4)57-40(61)28-65-21-11-9-10-20-53-34-16-12-31(13-17-34)43(62)58-46-49(5,6)47(50(46,7)8)66-37-19-15-32(24-52)38(51)23-37/h12-19,23,25,29,36,39,42,46-47,53,60H,9-11,20-22,26-28H2,1-8H3,(H,55,63)(H,57,61)(H,58,62)/t36-,39+,42?,46-,47-/m1/s1. The van der Waals surface area contributed by atoms with Crippen LogP contribution in [-0.4, -0.2) is 100 Å². The van der Waals surface area contributed by atoms with Crippen molar-refractivity contribution in [3.05, 3.63) is 93.8 Å². The van der Waals surface area contributed by atoms with E-state index in [1.165, 1.54) is 16.2 Å². The number of nitrogens with zero attached hydrogens (tertiary/aromatic N) is 4. The average molecular weight is 956 g/mol. The van der Waals surface area contributed by atoms with Gasteiger partial charge in [-0.15, -0.1) is 11.3 Å². The number of carbonyl (C=O) groups excluding carboxylic acids is 4. The van der Waals surface area contributed by atoms with Crippen LogP contribution in [0.25, 0.3) is 10.4 Å². The van der Waals surface area contributed by atoms with Gasteiger partial charge in [0.05, 0.1) is 45.0 Å². The molecule has 3 atom stereocenters. The fourth-order valence-electron chi connectivity index (χ4n) is 9.31. The summed E-state index contributed by atoms with van der Waals surface area (Å²) in [6.45, 7) is 16.7. The third-order valence-corrected chi connectivity index (χ3v) is 14.0. The Morgan fingerprint density at radius 2 is 1.75 bits per heavy atom. The molecule has 2 aliphatic rings. The number of ether oxygens (including phenoxy) is 2. The first kappa shape index (κ1) is 50.8. The number of pyridine rings is 1. The highest BCUT2D eigenvalue weighted by Crippen LogP contribution is 2.55. The molecule has 6 rings (SSSR count). The summed E-state index contributed by atoms with van der Waals surface area (Å²) in [6, 6.07) is 16.2. The van der Waals surface area contributed by atoms with Crippen LogP contribution in [0.1, 0.15) is 101 Å². The molecule has 15 nitrogen and oxygen atoms in total. The van der Waals surface area contributed by atoms with Gasteiger partial charge in [-0.2, -0.15) is 5.26 Å². The second kappa shape index (κ2) is 21.6. The number of aliphatic hydroxyl groups excluding tert-OH is 1. The van der Waals surface area contributed by atoms with Gasteiger partial charge in [0.15, 0.2) is 0 Å². The third-order valence-electron chi connectivity index (χ3n) is 12.7. The lowest BCUT2D eigenvalue weighted by Crippen LogP contribution is -2.74. The molecule has 1 unspecified atom stereocenters. The van der Waals surface area contributed by atoms with Crippen LogP contribution in [0, 0.1) is 34.5 Å². The molecule has 4 amide bonds. The summed E-state index contributed by atoms with van der Waals surface area (Å²) in [7, 11) is 0. The second-order valence-electron chi connectivity index (χ2n) is 19.7. The number of hydrogen-bond donors (Lipinski definition) is 5. The van der Waals surface area contributed by atoms with Gasteiger partial charge in [-0.1, -0.05) is 66.1 Å². The first-order chi connectivity index (χ1) is 31.7. The van der Waals surface area contributed by atoms with Crippen LogP contribution in [0.4, 0.5) is 5.69 Å². The van der Waals surface area contributed by atoms with E-state index in [1.54, 1.807) is 42.0 Å². The normalized spacial score (nSPS) is 19.9.